The van der Waals surface area contributed by atoms with Crippen molar-refractivity contribution in [2.24, 2.45) is 7.05 Å². The van der Waals surface area contributed by atoms with Crippen molar-refractivity contribution >= 4 is 16.7 Å². The van der Waals surface area contributed by atoms with Gasteiger partial charge in [-0.05, 0) is 63.4 Å². The van der Waals surface area contributed by atoms with Gasteiger partial charge in [0.05, 0.1) is 26.2 Å². The Labute approximate surface area is 200 Å². The van der Waals surface area contributed by atoms with Crippen LogP contribution in [0, 0.1) is 0 Å². The van der Waals surface area contributed by atoms with E-state index in [1.165, 1.54) is 0 Å². The Kier molecular flexibility index (Phi) is 7.61. The standard InChI is InChI=1S/C26H33N3O5/c1-26(2,3)34-24(30)16-28(4)11-9-19-22(32-6)12-17(13-23(19)33-7)21-15-29(5)25(31)20-14-27-10-8-18(20)21/h8,10,12-15H,9,11,16H2,1-7H3. The van der Waals surface area contributed by atoms with E-state index in [1.54, 1.807) is 38.2 Å². The van der Waals surface area contributed by atoms with Crippen LogP contribution in [0.5, 0.6) is 11.5 Å². The summed E-state index contributed by atoms with van der Waals surface area (Å²) >= 11 is 0. The van der Waals surface area contributed by atoms with E-state index in [1.807, 2.05) is 57.1 Å². The SMILES string of the molecule is COc1cc(-c2cn(C)c(=O)c3cnccc23)cc(OC)c1CCN(C)CC(=O)OC(C)(C)C. The Morgan fingerprint density at radius 1 is 1.12 bits per heavy atom. The molecule has 8 nitrogen and oxygen atoms in total. The molecule has 0 spiro atoms. The van der Waals surface area contributed by atoms with E-state index < -0.39 is 5.60 Å². The zero-order valence-corrected chi connectivity index (χ0v) is 21.0. The first kappa shape index (κ1) is 25.2. The third kappa shape index (κ3) is 5.75. The molecule has 0 saturated carbocycles. The van der Waals surface area contributed by atoms with E-state index in [0.717, 1.165) is 22.1 Å². The molecule has 182 valence electrons. The number of hydrogen-bond donors (Lipinski definition) is 0. The minimum atomic E-state index is -0.513. The number of aromatic nitrogens is 2. The largest absolute Gasteiger partial charge is 0.496 e. The molecule has 0 aliphatic carbocycles. The van der Waals surface area contributed by atoms with Crippen LogP contribution < -0.4 is 15.0 Å². The molecule has 0 N–H and O–H groups in total. The van der Waals surface area contributed by atoms with E-state index in [0.29, 0.717) is 29.9 Å². The van der Waals surface area contributed by atoms with Gasteiger partial charge >= 0.3 is 5.97 Å². The topological polar surface area (TPSA) is 82.9 Å². The molecule has 0 radical (unpaired) electrons. The second-order valence-corrected chi connectivity index (χ2v) is 9.31. The summed E-state index contributed by atoms with van der Waals surface area (Å²) in [5.74, 6) is 1.09. The highest BCUT2D eigenvalue weighted by atomic mass is 16.6. The second kappa shape index (κ2) is 10.3. The zero-order valence-electron chi connectivity index (χ0n) is 21.0. The Balaban J connectivity index is 1.92. The van der Waals surface area contributed by atoms with Crippen LogP contribution in [0.4, 0.5) is 0 Å². The number of fused-ring (bicyclic) bond motifs is 1. The molecular weight excluding hydrogens is 434 g/mol. The van der Waals surface area contributed by atoms with Crippen molar-refractivity contribution in [3.63, 3.8) is 0 Å². The van der Waals surface area contributed by atoms with Crippen LogP contribution >= 0.6 is 0 Å². The number of hydrogen-bond acceptors (Lipinski definition) is 7. The summed E-state index contributed by atoms with van der Waals surface area (Å²) < 4.78 is 18.4. The van der Waals surface area contributed by atoms with Gasteiger partial charge in [-0.25, -0.2) is 0 Å². The number of ether oxygens (including phenoxy) is 3. The molecule has 0 fully saturated rings. The lowest BCUT2D eigenvalue weighted by Gasteiger charge is -2.23. The van der Waals surface area contributed by atoms with E-state index in [-0.39, 0.29) is 18.1 Å². The van der Waals surface area contributed by atoms with Gasteiger partial charge in [0, 0.05) is 43.3 Å². The maximum atomic E-state index is 12.6. The minimum Gasteiger partial charge on any atom is -0.496 e. The third-order valence-electron chi connectivity index (χ3n) is 5.47. The number of esters is 1. The quantitative estimate of drug-likeness (QED) is 0.469. The fourth-order valence-electron chi connectivity index (χ4n) is 3.90. The van der Waals surface area contributed by atoms with Crippen molar-refractivity contribution in [2.45, 2.75) is 32.8 Å². The monoisotopic (exact) mass is 467 g/mol. The molecule has 0 aliphatic heterocycles. The summed E-state index contributed by atoms with van der Waals surface area (Å²) in [5, 5.41) is 1.36. The fourth-order valence-corrected chi connectivity index (χ4v) is 3.90. The normalized spacial score (nSPS) is 11.6. The van der Waals surface area contributed by atoms with Crippen molar-refractivity contribution in [3.8, 4) is 22.6 Å². The third-order valence-corrected chi connectivity index (χ3v) is 5.47. The number of benzene rings is 1. The zero-order chi connectivity index (χ0) is 25.0. The number of pyridine rings is 2. The summed E-state index contributed by atoms with van der Waals surface area (Å²) in [6.45, 7) is 6.36. The van der Waals surface area contributed by atoms with Crippen LogP contribution in [-0.2, 0) is 23.0 Å². The van der Waals surface area contributed by atoms with Crippen LogP contribution in [0.1, 0.15) is 26.3 Å². The van der Waals surface area contributed by atoms with Gasteiger partial charge in [-0.3, -0.25) is 19.5 Å². The first-order valence-electron chi connectivity index (χ1n) is 11.1. The summed E-state index contributed by atoms with van der Waals surface area (Å²) in [4.78, 5) is 30.7. The molecule has 2 aromatic heterocycles. The molecular formula is C26H33N3O5. The lowest BCUT2D eigenvalue weighted by molar-refractivity contribution is -0.155. The molecule has 3 rings (SSSR count). The molecule has 34 heavy (non-hydrogen) atoms. The van der Waals surface area contributed by atoms with Gasteiger partial charge in [0.1, 0.15) is 17.1 Å². The Morgan fingerprint density at radius 2 is 1.76 bits per heavy atom. The Hall–Kier alpha value is -3.39. The van der Waals surface area contributed by atoms with Crippen LogP contribution in [0.3, 0.4) is 0 Å². The highest BCUT2D eigenvalue weighted by molar-refractivity contribution is 5.95. The molecule has 0 unspecified atom stereocenters. The maximum absolute atomic E-state index is 12.6. The van der Waals surface area contributed by atoms with Gasteiger partial charge in [0.25, 0.3) is 5.56 Å². The van der Waals surface area contributed by atoms with E-state index >= 15 is 0 Å². The number of rotatable bonds is 8. The number of likely N-dealkylation sites (N-methyl/N-ethyl adjacent to an activating group) is 1. The number of carbonyl (C=O) groups excluding carboxylic acids is 1. The predicted molar refractivity (Wildman–Crippen MR) is 133 cm³/mol. The van der Waals surface area contributed by atoms with Gasteiger partial charge in [0.15, 0.2) is 0 Å². The Bertz CT molecular complexity index is 1220. The van der Waals surface area contributed by atoms with Crippen LogP contribution in [-0.4, -0.2) is 60.4 Å². The van der Waals surface area contributed by atoms with Gasteiger partial charge < -0.3 is 18.8 Å². The molecule has 0 bridgehead atoms. The molecule has 0 aliphatic rings. The molecule has 1 aromatic carbocycles. The van der Waals surface area contributed by atoms with Crippen LogP contribution in [0.2, 0.25) is 0 Å². The lowest BCUT2D eigenvalue weighted by atomic mass is 9.98. The van der Waals surface area contributed by atoms with Crippen LogP contribution in [0.25, 0.3) is 21.9 Å². The Morgan fingerprint density at radius 3 is 2.35 bits per heavy atom. The summed E-state index contributed by atoms with van der Waals surface area (Å²) in [6.07, 6.45) is 5.69. The van der Waals surface area contributed by atoms with Crippen molar-refractivity contribution in [1.82, 2.24) is 14.5 Å². The summed E-state index contributed by atoms with van der Waals surface area (Å²) in [7, 11) is 6.84. The highest BCUT2D eigenvalue weighted by Gasteiger charge is 2.20. The van der Waals surface area contributed by atoms with Crippen molar-refractivity contribution in [2.75, 3.05) is 34.4 Å². The lowest BCUT2D eigenvalue weighted by Crippen LogP contribution is -2.33. The van der Waals surface area contributed by atoms with E-state index in [4.69, 9.17) is 14.2 Å². The second-order valence-electron chi connectivity index (χ2n) is 9.31. The van der Waals surface area contributed by atoms with E-state index in [2.05, 4.69) is 4.98 Å². The fraction of sp³-hybridized carbons (Fsp3) is 0.423. The number of aryl methyl sites for hydroxylation is 1. The molecule has 0 amide bonds. The van der Waals surface area contributed by atoms with Crippen molar-refractivity contribution in [3.05, 3.63) is 52.7 Å². The summed E-state index contributed by atoms with van der Waals surface area (Å²) in [6, 6.07) is 5.74. The first-order valence-corrected chi connectivity index (χ1v) is 11.1. The number of carbonyl (C=O) groups is 1. The van der Waals surface area contributed by atoms with Gasteiger partial charge in [-0.15, -0.1) is 0 Å². The number of nitrogens with zero attached hydrogens (tertiary/aromatic N) is 3. The maximum Gasteiger partial charge on any atom is 0.320 e. The highest BCUT2D eigenvalue weighted by Crippen LogP contribution is 2.37. The average Bonchev–Trinajstić information content (AvgIpc) is 2.78. The smallest absolute Gasteiger partial charge is 0.320 e. The van der Waals surface area contributed by atoms with Crippen molar-refractivity contribution in [1.29, 1.82) is 0 Å². The first-order chi connectivity index (χ1) is 16.0. The van der Waals surface area contributed by atoms with Gasteiger partial charge in [-0.2, -0.15) is 0 Å². The molecule has 0 saturated heterocycles. The van der Waals surface area contributed by atoms with Gasteiger partial charge in [-0.1, -0.05) is 0 Å². The average molecular weight is 468 g/mol. The minimum absolute atomic E-state index is 0.101. The van der Waals surface area contributed by atoms with Gasteiger partial charge in [0.2, 0.25) is 0 Å². The number of methoxy groups -OCH3 is 2. The predicted octanol–water partition coefficient (Wildman–Crippen LogP) is 3.43. The molecule has 3 aromatic rings. The molecule has 2 heterocycles. The van der Waals surface area contributed by atoms with Crippen molar-refractivity contribution < 1.29 is 19.0 Å². The summed E-state index contributed by atoms with van der Waals surface area (Å²) in [5.41, 5.74) is 2.04. The van der Waals surface area contributed by atoms with E-state index in [9.17, 15) is 9.59 Å². The molecule has 0 atom stereocenters. The van der Waals surface area contributed by atoms with Crippen LogP contribution in [0.15, 0.2) is 41.6 Å². The molecule has 8 heteroatoms.